The number of nitrogens with one attached hydrogen (secondary N) is 1. The van der Waals surface area contributed by atoms with E-state index in [1.165, 1.54) is 7.11 Å². The monoisotopic (exact) mass is 338 g/mol. The minimum absolute atomic E-state index is 0.0400. The smallest absolute Gasteiger partial charge is 0.232 e. The minimum atomic E-state index is -3.83. The second-order valence-electron chi connectivity index (χ2n) is 6.52. The van der Waals surface area contributed by atoms with Crippen molar-refractivity contribution in [3.63, 3.8) is 0 Å². The molecule has 23 heavy (non-hydrogen) atoms. The molecular formula is C16H22N2O4S. The predicted molar refractivity (Wildman–Crippen MR) is 85.3 cm³/mol. The number of ketones is 1. The van der Waals surface area contributed by atoms with Crippen LogP contribution in [0.5, 0.6) is 5.88 Å². The first-order valence-corrected chi connectivity index (χ1v) is 9.43. The number of pyridine rings is 1. The molecule has 0 radical (unpaired) electrons. The van der Waals surface area contributed by atoms with Gasteiger partial charge in [0.15, 0.2) is 15.6 Å². The van der Waals surface area contributed by atoms with E-state index in [2.05, 4.69) is 10.3 Å². The summed E-state index contributed by atoms with van der Waals surface area (Å²) in [7, 11) is -2.43. The molecule has 1 saturated carbocycles. The van der Waals surface area contributed by atoms with Crippen LogP contribution >= 0.6 is 0 Å². The topological polar surface area (TPSA) is 85.4 Å². The van der Waals surface area contributed by atoms with Crippen molar-refractivity contribution >= 4 is 15.6 Å². The van der Waals surface area contributed by atoms with Gasteiger partial charge in [-0.2, -0.15) is 0 Å². The van der Waals surface area contributed by atoms with Gasteiger partial charge in [0.05, 0.1) is 7.11 Å². The van der Waals surface area contributed by atoms with Crippen LogP contribution in [0.25, 0.3) is 0 Å². The lowest BCUT2D eigenvalue weighted by Crippen LogP contribution is -2.47. The van der Waals surface area contributed by atoms with Gasteiger partial charge in [-0.3, -0.25) is 4.79 Å². The van der Waals surface area contributed by atoms with Crippen LogP contribution in [0.4, 0.5) is 0 Å². The number of rotatable bonds is 3. The van der Waals surface area contributed by atoms with Crippen LogP contribution in [-0.4, -0.2) is 44.6 Å². The molecule has 2 fully saturated rings. The van der Waals surface area contributed by atoms with Crippen molar-refractivity contribution in [2.75, 3.05) is 20.2 Å². The van der Waals surface area contributed by atoms with E-state index in [0.717, 1.165) is 18.7 Å². The molecule has 1 aliphatic carbocycles. The first-order chi connectivity index (χ1) is 10.9. The van der Waals surface area contributed by atoms with Crippen molar-refractivity contribution in [1.29, 1.82) is 0 Å². The zero-order valence-corrected chi connectivity index (χ0v) is 14.3. The lowest BCUT2D eigenvalue weighted by Gasteiger charge is -2.37. The first kappa shape index (κ1) is 16.4. The minimum Gasteiger partial charge on any atom is -0.480 e. The number of aromatic nitrogens is 1. The van der Waals surface area contributed by atoms with Crippen LogP contribution in [0.2, 0.25) is 0 Å². The predicted octanol–water partition coefficient (Wildman–Crippen LogP) is 1.27. The summed E-state index contributed by atoms with van der Waals surface area (Å²) in [5, 5.41) is 2.27. The second kappa shape index (κ2) is 5.87. The number of hydrogen-bond donors (Lipinski definition) is 1. The molecule has 126 valence electrons. The van der Waals surface area contributed by atoms with Crippen molar-refractivity contribution < 1.29 is 17.9 Å². The van der Waals surface area contributed by atoms with Gasteiger partial charge in [-0.1, -0.05) is 0 Å². The summed E-state index contributed by atoms with van der Waals surface area (Å²) in [6.45, 7) is 3.28. The zero-order valence-electron chi connectivity index (χ0n) is 13.5. The molecule has 3 rings (SSSR count). The number of carbonyl (C=O) groups excluding carboxylic acids is 1. The average Bonchev–Trinajstić information content (AvgIpc) is 2.84. The maximum Gasteiger partial charge on any atom is 0.232 e. The van der Waals surface area contributed by atoms with E-state index in [4.69, 9.17) is 4.74 Å². The molecule has 2 heterocycles. The van der Waals surface area contributed by atoms with E-state index >= 15 is 0 Å². The lowest BCUT2D eigenvalue weighted by atomic mass is 9.77. The fourth-order valence-electron chi connectivity index (χ4n) is 3.93. The van der Waals surface area contributed by atoms with Crippen LogP contribution in [0.15, 0.2) is 17.2 Å². The van der Waals surface area contributed by atoms with E-state index in [9.17, 15) is 13.2 Å². The number of Topliss-reactive ketones (excluding diaryl/α,β-unsaturated/α-hetero) is 1. The number of ether oxygens (including phenoxy) is 1. The first-order valence-electron chi connectivity index (χ1n) is 7.89. The van der Waals surface area contributed by atoms with E-state index in [-0.39, 0.29) is 16.6 Å². The molecule has 0 amide bonds. The van der Waals surface area contributed by atoms with Crippen LogP contribution in [0.3, 0.4) is 0 Å². The molecule has 1 aliphatic heterocycles. The number of methoxy groups -OCH3 is 1. The summed E-state index contributed by atoms with van der Waals surface area (Å²) in [6.07, 6.45) is 3.98. The molecule has 7 heteroatoms. The number of aryl methyl sites for hydroxylation is 1. The third-order valence-corrected chi connectivity index (χ3v) is 7.37. The van der Waals surface area contributed by atoms with Crippen molar-refractivity contribution in [1.82, 2.24) is 10.3 Å². The number of piperidine rings is 1. The lowest BCUT2D eigenvalue weighted by molar-refractivity contribution is -0.117. The summed E-state index contributed by atoms with van der Waals surface area (Å²) in [5.41, 5.74) is 0.282. The Kier molecular flexibility index (Phi) is 4.18. The summed E-state index contributed by atoms with van der Waals surface area (Å²) in [5.74, 6) is -0.102. The van der Waals surface area contributed by atoms with Gasteiger partial charge in [0.2, 0.25) is 5.88 Å². The van der Waals surface area contributed by atoms with Crippen molar-refractivity contribution in [2.45, 2.75) is 42.8 Å². The van der Waals surface area contributed by atoms with E-state index in [0.29, 0.717) is 25.7 Å². The Balaban J connectivity index is 2.11. The third kappa shape index (κ3) is 2.65. The molecule has 1 aromatic heterocycles. The molecule has 0 aromatic carbocycles. The van der Waals surface area contributed by atoms with Gasteiger partial charge in [0, 0.05) is 12.6 Å². The molecule has 1 unspecified atom stereocenters. The van der Waals surface area contributed by atoms with Gasteiger partial charge in [-0.15, -0.1) is 0 Å². The molecular weight excluding hydrogens is 316 g/mol. The van der Waals surface area contributed by atoms with E-state index in [1.807, 2.05) is 0 Å². The van der Waals surface area contributed by atoms with Crippen LogP contribution in [0, 0.1) is 12.3 Å². The van der Waals surface area contributed by atoms with E-state index in [1.54, 1.807) is 19.2 Å². The van der Waals surface area contributed by atoms with Gasteiger partial charge in [-0.25, -0.2) is 13.4 Å². The largest absolute Gasteiger partial charge is 0.480 e. The Morgan fingerprint density at radius 1 is 1.30 bits per heavy atom. The molecule has 6 nitrogen and oxygen atoms in total. The van der Waals surface area contributed by atoms with Crippen LogP contribution < -0.4 is 10.1 Å². The highest BCUT2D eigenvalue weighted by Gasteiger charge is 2.55. The fourth-order valence-corrected chi connectivity index (χ4v) is 6.39. The summed E-state index contributed by atoms with van der Waals surface area (Å²) in [6, 6.07) is 1.56. The molecule has 1 atom stereocenters. The van der Waals surface area contributed by atoms with Gasteiger partial charge in [0.1, 0.15) is 10.1 Å². The Hall–Kier alpha value is -1.47. The summed E-state index contributed by atoms with van der Waals surface area (Å²) in [4.78, 5) is 16.6. The Morgan fingerprint density at radius 2 is 2.00 bits per heavy atom. The Labute approximate surface area is 136 Å². The third-order valence-electron chi connectivity index (χ3n) is 5.08. The van der Waals surface area contributed by atoms with Crippen LogP contribution in [0.1, 0.15) is 31.2 Å². The molecule has 1 aromatic rings. The van der Waals surface area contributed by atoms with Crippen LogP contribution in [-0.2, 0) is 14.6 Å². The number of carbonyl (C=O) groups is 1. The summed E-state index contributed by atoms with van der Waals surface area (Å²) < 4.78 is 31.7. The van der Waals surface area contributed by atoms with Crippen molar-refractivity contribution in [3.8, 4) is 5.88 Å². The SMILES string of the molecule is COc1ncc(C)cc1S(=O)(=O)C1C(=O)CCC12CCNCC2. The van der Waals surface area contributed by atoms with Crippen molar-refractivity contribution in [3.05, 3.63) is 17.8 Å². The highest BCUT2D eigenvalue weighted by Crippen LogP contribution is 2.49. The normalized spacial score (nSPS) is 24.1. The quantitative estimate of drug-likeness (QED) is 0.893. The van der Waals surface area contributed by atoms with Gasteiger partial charge < -0.3 is 10.1 Å². The molecule has 0 bridgehead atoms. The Bertz CT molecular complexity index is 724. The number of hydrogen-bond acceptors (Lipinski definition) is 6. The standard InChI is InChI=1S/C16H22N2O4S/c1-11-9-13(15(22-2)18-10-11)23(20,21)14-12(19)3-4-16(14)5-7-17-8-6-16/h9-10,14,17H,3-8H2,1-2H3. The second-order valence-corrected chi connectivity index (χ2v) is 8.53. The zero-order chi connectivity index (χ0) is 16.7. The molecule has 1 saturated heterocycles. The van der Waals surface area contributed by atoms with Crippen molar-refractivity contribution in [2.24, 2.45) is 5.41 Å². The maximum atomic E-state index is 13.3. The highest BCUT2D eigenvalue weighted by atomic mass is 32.2. The molecule has 2 aliphatic rings. The van der Waals surface area contributed by atoms with Gasteiger partial charge in [0.25, 0.3) is 0 Å². The Morgan fingerprint density at radius 3 is 2.65 bits per heavy atom. The summed E-state index contributed by atoms with van der Waals surface area (Å²) >= 11 is 0. The average molecular weight is 338 g/mol. The molecule has 1 spiro atoms. The molecule has 1 N–H and O–H groups in total. The van der Waals surface area contributed by atoms with E-state index < -0.39 is 20.5 Å². The highest BCUT2D eigenvalue weighted by molar-refractivity contribution is 7.93. The number of sulfone groups is 1. The maximum absolute atomic E-state index is 13.3. The fraction of sp³-hybridized carbons (Fsp3) is 0.625. The van der Waals surface area contributed by atoms with Gasteiger partial charge >= 0.3 is 0 Å². The number of nitrogens with zero attached hydrogens (tertiary/aromatic N) is 1. The van der Waals surface area contributed by atoms with Gasteiger partial charge in [-0.05, 0) is 56.3 Å².